The smallest absolute Gasteiger partial charge is 0.200 e. The number of halogens is 7. The molecule has 31 heavy (non-hydrogen) atoms. The highest BCUT2D eigenvalue weighted by molar-refractivity contribution is 9.10. The molecule has 0 aliphatic heterocycles. The molecule has 4 nitrogen and oxygen atoms in total. The van der Waals surface area contributed by atoms with E-state index in [-0.39, 0.29) is 5.11 Å². The fourth-order valence-corrected chi connectivity index (χ4v) is 3.76. The van der Waals surface area contributed by atoms with E-state index in [1.54, 1.807) is 32.0 Å². The summed E-state index contributed by atoms with van der Waals surface area (Å²) in [7, 11) is 0. The van der Waals surface area contributed by atoms with Crippen molar-refractivity contribution >= 4 is 56.2 Å². The van der Waals surface area contributed by atoms with E-state index in [1.165, 1.54) is 0 Å². The molecule has 0 bridgehead atoms. The Hall–Kier alpha value is -2.24. The first-order valence-electron chi connectivity index (χ1n) is 8.58. The van der Waals surface area contributed by atoms with Crippen LogP contribution in [0.25, 0.3) is 0 Å². The number of anilines is 2. The molecule has 0 fully saturated rings. The molecule has 0 saturated carbocycles. The van der Waals surface area contributed by atoms with Crippen LogP contribution in [0.15, 0.2) is 22.7 Å². The van der Waals surface area contributed by atoms with Gasteiger partial charge in [0.15, 0.2) is 28.4 Å². The molecule has 1 aromatic heterocycles. The maximum atomic E-state index is 14.0. The standard InChI is InChI=1S/C19H13BrClF5N4S/c1-7-18(28-19(31)27-12-4-3-9(20)5-11(12)21)8(2)30(29-7)6-10-13(22)15(24)17(26)16(25)14(10)23/h3-5H,6H2,1-2H3,(H2,27,28,31). The number of nitrogens with one attached hydrogen (secondary N) is 2. The number of rotatable bonds is 4. The minimum absolute atomic E-state index is 0.159. The third-order valence-electron chi connectivity index (χ3n) is 4.41. The van der Waals surface area contributed by atoms with Crippen molar-refractivity contribution in [2.45, 2.75) is 20.4 Å². The Balaban J connectivity index is 1.86. The molecule has 0 radical (unpaired) electrons. The van der Waals surface area contributed by atoms with Gasteiger partial charge in [0, 0.05) is 4.47 Å². The number of hydrogen-bond donors (Lipinski definition) is 2. The fourth-order valence-electron chi connectivity index (χ4n) is 2.83. The molecule has 3 aromatic rings. The van der Waals surface area contributed by atoms with Crippen molar-refractivity contribution in [3.8, 4) is 0 Å². The van der Waals surface area contributed by atoms with Gasteiger partial charge >= 0.3 is 0 Å². The zero-order valence-electron chi connectivity index (χ0n) is 15.9. The maximum Gasteiger partial charge on any atom is 0.200 e. The predicted octanol–water partition coefficient (Wildman–Crippen LogP) is 6.47. The van der Waals surface area contributed by atoms with E-state index in [2.05, 4.69) is 31.7 Å². The van der Waals surface area contributed by atoms with E-state index >= 15 is 0 Å². The third kappa shape index (κ3) is 4.68. The fraction of sp³-hybridized carbons (Fsp3) is 0.158. The Morgan fingerprint density at radius 2 is 1.61 bits per heavy atom. The monoisotopic (exact) mass is 538 g/mol. The van der Waals surface area contributed by atoms with E-state index in [9.17, 15) is 22.0 Å². The van der Waals surface area contributed by atoms with E-state index < -0.39 is 41.2 Å². The Morgan fingerprint density at radius 1 is 1.03 bits per heavy atom. The molecule has 2 aromatic carbocycles. The number of nitrogens with zero attached hydrogens (tertiary/aromatic N) is 2. The molecular formula is C19H13BrClF5N4S. The minimum Gasteiger partial charge on any atom is -0.331 e. The predicted molar refractivity (Wildman–Crippen MR) is 116 cm³/mol. The second-order valence-electron chi connectivity index (χ2n) is 6.46. The minimum atomic E-state index is -2.21. The number of aromatic nitrogens is 2. The summed E-state index contributed by atoms with van der Waals surface area (Å²) in [5.41, 5.74) is 0.719. The van der Waals surface area contributed by atoms with Gasteiger partial charge in [0.05, 0.1) is 39.9 Å². The highest BCUT2D eigenvalue weighted by Gasteiger charge is 2.26. The summed E-state index contributed by atoms with van der Waals surface area (Å²) in [5.74, 6) is -10.0. The van der Waals surface area contributed by atoms with Crippen LogP contribution >= 0.6 is 39.7 Å². The third-order valence-corrected chi connectivity index (χ3v) is 5.42. The Bertz CT molecular complexity index is 1170. The van der Waals surface area contributed by atoms with Gasteiger partial charge in [-0.05, 0) is 44.3 Å². The summed E-state index contributed by atoms with van der Waals surface area (Å²) in [6.45, 7) is 2.49. The Morgan fingerprint density at radius 3 is 2.19 bits per heavy atom. The summed E-state index contributed by atoms with van der Waals surface area (Å²) >= 11 is 14.7. The lowest BCUT2D eigenvalue weighted by Gasteiger charge is -2.13. The van der Waals surface area contributed by atoms with Crippen molar-refractivity contribution in [2.75, 3.05) is 10.6 Å². The number of hydrogen-bond acceptors (Lipinski definition) is 2. The van der Waals surface area contributed by atoms with E-state index in [0.717, 1.165) is 9.15 Å². The maximum absolute atomic E-state index is 14.0. The summed E-state index contributed by atoms with van der Waals surface area (Å²) in [6.07, 6.45) is 0. The lowest BCUT2D eigenvalue weighted by atomic mass is 10.1. The molecule has 2 N–H and O–H groups in total. The number of thiocarbonyl (C=S) groups is 1. The summed E-state index contributed by atoms with van der Waals surface area (Å²) < 4.78 is 70.2. The van der Waals surface area contributed by atoms with Crippen molar-refractivity contribution in [3.63, 3.8) is 0 Å². The first kappa shape index (κ1) is 23.4. The van der Waals surface area contributed by atoms with Gasteiger partial charge in [-0.2, -0.15) is 5.10 Å². The van der Waals surface area contributed by atoms with Gasteiger partial charge in [-0.3, -0.25) is 4.68 Å². The van der Waals surface area contributed by atoms with Crippen LogP contribution in [0.2, 0.25) is 5.02 Å². The van der Waals surface area contributed by atoms with Crippen LogP contribution in [0.1, 0.15) is 17.0 Å². The zero-order chi connectivity index (χ0) is 23.0. The second kappa shape index (κ2) is 9.09. The summed E-state index contributed by atoms with van der Waals surface area (Å²) in [5, 5.41) is 10.5. The zero-order valence-corrected chi connectivity index (χ0v) is 19.0. The van der Waals surface area contributed by atoms with Crippen LogP contribution in [0.5, 0.6) is 0 Å². The van der Waals surface area contributed by atoms with Crippen molar-refractivity contribution < 1.29 is 22.0 Å². The van der Waals surface area contributed by atoms with Gasteiger partial charge in [-0.25, -0.2) is 22.0 Å². The molecule has 12 heteroatoms. The van der Waals surface area contributed by atoms with Crippen molar-refractivity contribution in [1.82, 2.24) is 9.78 Å². The summed E-state index contributed by atoms with van der Waals surface area (Å²) in [6, 6.07) is 5.13. The number of benzene rings is 2. The Kier molecular flexibility index (Phi) is 6.87. The normalized spacial score (nSPS) is 11.0. The second-order valence-corrected chi connectivity index (χ2v) is 8.19. The van der Waals surface area contributed by atoms with Crippen LogP contribution in [-0.4, -0.2) is 14.9 Å². The van der Waals surface area contributed by atoms with Crippen LogP contribution in [0, 0.1) is 42.9 Å². The van der Waals surface area contributed by atoms with Crippen LogP contribution < -0.4 is 10.6 Å². The lowest BCUT2D eigenvalue weighted by molar-refractivity contribution is 0.366. The van der Waals surface area contributed by atoms with Crippen molar-refractivity contribution in [2.24, 2.45) is 0 Å². The van der Waals surface area contributed by atoms with E-state index in [0.29, 0.717) is 27.8 Å². The van der Waals surface area contributed by atoms with Gasteiger partial charge in [-0.1, -0.05) is 27.5 Å². The topological polar surface area (TPSA) is 41.9 Å². The molecule has 3 rings (SSSR count). The van der Waals surface area contributed by atoms with Gasteiger partial charge in [0.25, 0.3) is 0 Å². The molecule has 1 heterocycles. The molecule has 0 atom stereocenters. The molecule has 0 spiro atoms. The SMILES string of the molecule is Cc1nn(Cc2c(F)c(F)c(F)c(F)c2F)c(C)c1NC(=S)Nc1ccc(Br)cc1Cl. The van der Waals surface area contributed by atoms with Crippen LogP contribution in [0.4, 0.5) is 33.3 Å². The average molecular weight is 540 g/mol. The Labute approximate surface area is 192 Å². The van der Waals surface area contributed by atoms with Gasteiger partial charge in [0.2, 0.25) is 5.82 Å². The van der Waals surface area contributed by atoms with Crippen molar-refractivity contribution in [3.05, 3.63) is 73.7 Å². The molecule has 0 unspecified atom stereocenters. The molecular weight excluding hydrogens is 527 g/mol. The molecule has 0 amide bonds. The number of aryl methyl sites for hydroxylation is 1. The molecule has 164 valence electrons. The lowest BCUT2D eigenvalue weighted by Crippen LogP contribution is -2.20. The largest absolute Gasteiger partial charge is 0.331 e. The van der Waals surface area contributed by atoms with Crippen LogP contribution in [0.3, 0.4) is 0 Å². The van der Waals surface area contributed by atoms with Gasteiger partial charge in [-0.15, -0.1) is 0 Å². The van der Waals surface area contributed by atoms with E-state index in [4.69, 9.17) is 23.8 Å². The summed E-state index contributed by atoms with van der Waals surface area (Å²) in [4.78, 5) is 0. The highest BCUT2D eigenvalue weighted by Crippen LogP contribution is 2.28. The average Bonchev–Trinajstić information content (AvgIpc) is 2.97. The van der Waals surface area contributed by atoms with Gasteiger partial charge < -0.3 is 10.6 Å². The molecule has 0 aliphatic carbocycles. The van der Waals surface area contributed by atoms with Crippen molar-refractivity contribution in [1.29, 1.82) is 0 Å². The molecule has 0 aliphatic rings. The quantitative estimate of drug-likeness (QED) is 0.173. The first-order chi connectivity index (χ1) is 14.5. The van der Waals surface area contributed by atoms with Crippen LogP contribution in [-0.2, 0) is 6.54 Å². The first-order valence-corrected chi connectivity index (χ1v) is 10.2. The molecule has 0 saturated heterocycles. The van der Waals surface area contributed by atoms with Gasteiger partial charge in [0.1, 0.15) is 0 Å². The van der Waals surface area contributed by atoms with E-state index in [1.807, 2.05) is 0 Å². The highest BCUT2D eigenvalue weighted by atomic mass is 79.9.